The summed E-state index contributed by atoms with van der Waals surface area (Å²) in [5.41, 5.74) is 0.627. The Morgan fingerprint density at radius 3 is 2.50 bits per heavy atom. The number of rotatable bonds is 3. The van der Waals surface area contributed by atoms with E-state index < -0.39 is 9.84 Å². The Labute approximate surface area is 147 Å². The summed E-state index contributed by atoms with van der Waals surface area (Å²) in [4.78, 5) is 9.98. The van der Waals surface area contributed by atoms with Crippen LogP contribution >= 0.6 is 11.3 Å². The highest BCUT2D eigenvalue weighted by Crippen LogP contribution is 2.34. The van der Waals surface area contributed by atoms with E-state index >= 15 is 0 Å². The number of fused-ring (bicyclic) bond motifs is 1. The SMILES string of the molecule is CS(=O)(=O)c1cccc2sc(N3CCC(N4CCCC4)CC3)nc12. The van der Waals surface area contributed by atoms with E-state index in [0.717, 1.165) is 22.9 Å². The third-order valence-corrected chi connectivity index (χ3v) is 7.37. The van der Waals surface area contributed by atoms with Crippen LogP contribution in [0.1, 0.15) is 25.7 Å². The minimum atomic E-state index is -3.25. The number of likely N-dealkylation sites (tertiary alicyclic amines) is 1. The van der Waals surface area contributed by atoms with Crippen LogP contribution in [0.4, 0.5) is 5.13 Å². The molecule has 0 saturated carbocycles. The molecule has 0 radical (unpaired) electrons. The summed E-state index contributed by atoms with van der Waals surface area (Å²) >= 11 is 1.60. The van der Waals surface area contributed by atoms with Gasteiger partial charge in [0.1, 0.15) is 5.52 Å². The predicted octanol–water partition coefficient (Wildman–Crippen LogP) is 2.76. The summed E-state index contributed by atoms with van der Waals surface area (Å²) in [5.74, 6) is 0. The van der Waals surface area contributed by atoms with Gasteiger partial charge in [-0.15, -0.1) is 0 Å². The second-order valence-corrected chi connectivity index (χ2v) is 9.83. The molecule has 1 aromatic heterocycles. The minimum Gasteiger partial charge on any atom is -0.348 e. The normalized spacial score (nSPS) is 21.0. The second kappa shape index (κ2) is 6.28. The number of thiazole rings is 1. The third-order valence-electron chi connectivity index (χ3n) is 5.16. The molecule has 0 unspecified atom stereocenters. The van der Waals surface area contributed by atoms with Gasteiger partial charge >= 0.3 is 0 Å². The molecule has 0 atom stereocenters. The number of piperidine rings is 1. The molecular formula is C17H23N3O2S2. The number of aromatic nitrogens is 1. The number of para-hydroxylation sites is 1. The van der Waals surface area contributed by atoms with Crippen LogP contribution in [0.15, 0.2) is 23.1 Å². The van der Waals surface area contributed by atoms with Gasteiger partial charge < -0.3 is 9.80 Å². The molecule has 0 amide bonds. The van der Waals surface area contributed by atoms with Gasteiger partial charge in [-0.1, -0.05) is 17.4 Å². The Morgan fingerprint density at radius 2 is 1.83 bits per heavy atom. The lowest BCUT2D eigenvalue weighted by Crippen LogP contribution is -2.43. The van der Waals surface area contributed by atoms with Crippen molar-refractivity contribution in [3.63, 3.8) is 0 Å². The maximum absolute atomic E-state index is 12.0. The summed E-state index contributed by atoms with van der Waals surface area (Å²) < 4.78 is 24.9. The molecule has 24 heavy (non-hydrogen) atoms. The van der Waals surface area contributed by atoms with Crippen LogP contribution in [0.2, 0.25) is 0 Å². The van der Waals surface area contributed by atoms with Crippen molar-refractivity contribution in [1.29, 1.82) is 0 Å². The van der Waals surface area contributed by atoms with E-state index in [9.17, 15) is 8.42 Å². The Bertz CT molecular complexity index is 833. The van der Waals surface area contributed by atoms with Crippen LogP contribution in [-0.2, 0) is 9.84 Å². The van der Waals surface area contributed by atoms with Crippen LogP contribution in [0, 0.1) is 0 Å². The van der Waals surface area contributed by atoms with E-state index in [1.807, 2.05) is 6.07 Å². The number of hydrogen-bond acceptors (Lipinski definition) is 6. The minimum absolute atomic E-state index is 0.342. The first-order chi connectivity index (χ1) is 11.5. The molecule has 7 heteroatoms. The maximum Gasteiger partial charge on any atom is 0.186 e. The van der Waals surface area contributed by atoms with Crippen molar-refractivity contribution < 1.29 is 8.42 Å². The van der Waals surface area contributed by atoms with E-state index in [0.29, 0.717) is 16.5 Å². The molecule has 130 valence electrons. The van der Waals surface area contributed by atoms with Crippen LogP contribution < -0.4 is 4.90 Å². The molecule has 5 nitrogen and oxygen atoms in total. The van der Waals surface area contributed by atoms with Gasteiger partial charge in [-0.3, -0.25) is 0 Å². The zero-order valence-corrected chi connectivity index (χ0v) is 15.6. The largest absolute Gasteiger partial charge is 0.348 e. The molecule has 2 aromatic rings. The van der Waals surface area contributed by atoms with Gasteiger partial charge in [0.15, 0.2) is 15.0 Å². The standard InChI is InChI=1S/C17H23N3O2S2/c1-24(21,22)15-6-4-5-14-16(15)18-17(23-14)20-11-7-13(8-12-20)19-9-2-3-10-19/h4-6,13H,2-3,7-12H2,1H3. The van der Waals surface area contributed by atoms with E-state index in [1.165, 1.54) is 45.0 Å². The van der Waals surface area contributed by atoms with Crippen molar-refractivity contribution >= 4 is 36.5 Å². The Balaban J connectivity index is 1.55. The van der Waals surface area contributed by atoms with Crippen LogP contribution in [0.25, 0.3) is 10.2 Å². The first kappa shape index (κ1) is 16.3. The smallest absolute Gasteiger partial charge is 0.186 e. The molecule has 2 fully saturated rings. The van der Waals surface area contributed by atoms with Crippen molar-refractivity contribution in [2.75, 3.05) is 37.3 Å². The van der Waals surface area contributed by atoms with Gasteiger partial charge in [-0.2, -0.15) is 0 Å². The number of nitrogens with zero attached hydrogens (tertiary/aromatic N) is 3. The van der Waals surface area contributed by atoms with Gasteiger partial charge in [0.2, 0.25) is 0 Å². The summed E-state index contributed by atoms with van der Waals surface area (Å²) in [5, 5.41) is 0.959. The van der Waals surface area contributed by atoms with Crippen molar-refractivity contribution in [3.05, 3.63) is 18.2 Å². The second-order valence-electron chi connectivity index (χ2n) is 6.83. The maximum atomic E-state index is 12.0. The number of anilines is 1. The Morgan fingerprint density at radius 1 is 1.12 bits per heavy atom. The van der Waals surface area contributed by atoms with Crippen molar-refractivity contribution in [1.82, 2.24) is 9.88 Å². The van der Waals surface area contributed by atoms with Crippen LogP contribution in [-0.4, -0.2) is 56.8 Å². The molecule has 1 aromatic carbocycles. The van der Waals surface area contributed by atoms with Gasteiger partial charge in [-0.25, -0.2) is 13.4 Å². The molecule has 0 aliphatic carbocycles. The lowest BCUT2D eigenvalue weighted by Gasteiger charge is -2.36. The fraction of sp³-hybridized carbons (Fsp3) is 0.588. The van der Waals surface area contributed by atoms with Gasteiger partial charge in [0.05, 0.1) is 9.60 Å². The van der Waals surface area contributed by atoms with Crippen molar-refractivity contribution in [2.24, 2.45) is 0 Å². The molecular weight excluding hydrogens is 342 g/mol. The van der Waals surface area contributed by atoms with E-state index in [4.69, 9.17) is 0 Å². The lowest BCUT2D eigenvalue weighted by molar-refractivity contribution is 0.208. The summed E-state index contributed by atoms with van der Waals surface area (Å²) in [6.07, 6.45) is 6.28. The van der Waals surface area contributed by atoms with Crippen molar-refractivity contribution in [2.45, 2.75) is 36.6 Å². The molecule has 2 saturated heterocycles. The molecule has 0 N–H and O–H groups in total. The monoisotopic (exact) mass is 365 g/mol. The predicted molar refractivity (Wildman–Crippen MR) is 98.8 cm³/mol. The fourth-order valence-corrected chi connectivity index (χ4v) is 5.82. The average Bonchev–Trinajstić information content (AvgIpc) is 3.23. The molecule has 2 aliphatic rings. The molecule has 3 heterocycles. The summed E-state index contributed by atoms with van der Waals surface area (Å²) in [6.45, 7) is 4.53. The highest BCUT2D eigenvalue weighted by Gasteiger charge is 2.28. The number of hydrogen-bond donors (Lipinski definition) is 0. The lowest BCUT2D eigenvalue weighted by atomic mass is 10.0. The van der Waals surface area contributed by atoms with Crippen molar-refractivity contribution in [3.8, 4) is 0 Å². The quantitative estimate of drug-likeness (QED) is 0.837. The topological polar surface area (TPSA) is 53.5 Å². The first-order valence-electron chi connectivity index (χ1n) is 8.61. The highest BCUT2D eigenvalue weighted by molar-refractivity contribution is 7.91. The number of sulfone groups is 1. The zero-order chi connectivity index (χ0) is 16.7. The summed E-state index contributed by atoms with van der Waals surface area (Å²) in [7, 11) is -3.25. The van der Waals surface area contributed by atoms with E-state index in [1.54, 1.807) is 23.5 Å². The molecule has 0 bridgehead atoms. The van der Waals surface area contributed by atoms with E-state index in [2.05, 4.69) is 14.8 Å². The third kappa shape index (κ3) is 3.05. The van der Waals surface area contributed by atoms with Gasteiger partial charge in [-0.05, 0) is 50.9 Å². The average molecular weight is 366 g/mol. The van der Waals surface area contributed by atoms with Crippen LogP contribution in [0.5, 0.6) is 0 Å². The first-order valence-corrected chi connectivity index (χ1v) is 11.3. The summed E-state index contributed by atoms with van der Waals surface area (Å²) in [6, 6.07) is 6.13. The Hall–Kier alpha value is -1.18. The molecule has 4 rings (SSSR count). The van der Waals surface area contributed by atoms with Crippen LogP contribution in [0.3, 0.4) is 0 Å². The fourth-order valence-electron chi connectivity index (χ4n) is 3.88. The zero-order valence-electron chi connectivity index (χ0n) is 13.9. The molecule has 0 spiro atoms. The highest BCUT2D eigenvalue weighted by atomic mass is 32.2. The van der Waals surface area contributed by atoms with Gasteiger partial charge in [0, 0.05) is 25.4 Å². The van der Waals surface area contributed by atoms with E-state index in [-0.39, 0.29) is 0 Å². The number of benzene rings is 1. The molecule has 2 aliphatic heterocycles. The van der Waals surface area contributed by atoms with Gasteiger partial charge in [0.25, 0.3) is 0 Å². The Kier molecular flexibility index (Phi) is 4.26.